The molecule has 1 aliphatic rings. The molecule has 2 nitrogen and oxygen atoms in total. The van der Waals surface area contributed by atoms with Gasteiger partial charge in [0.15, 0.2) is 0 Å². The number of nitrogens with zero attached hydrogens (tertiary/aromatic N) is 1. The van der Waals surface area contributed by atoms with Crippen LogP contribution >= 0.6 is 0 Å². The maximum atomic E-state index is 5.62. The van der Waals surface area contributed by atoms with Crippen LogP contribution in [0.1, 0.15) is 90.7 Å². The van der Waals surface area contributed by atoms with Crippen molar-refractivity contribution in [2.75, 3.05) is 12.1 Å². The minimum absolute atomic E-state index is 1.06. The Labute approximate surface area is 200 Å². The van der Waals surface area contributed by atoms with Crippen molar-refractivity contribution in [3.63, 3.8) is 0 Å². The molecule has 3 rings (SSSR count). The second kappa shape index (κ2) is 23.6. The van der Waals surface area contributed by atoms with E-state index >= 15 is 0 Å². The number of aryl methyl sites for hydroxylation is 2. The summed E-state index contributed by atoms with van der Waals surface area (Å²) in [6, 6.07) is 18.3. The van der Waals surface area contributed by atoms with Crippen LogP contribution in [-0.4, -0.2) is 7.05 Å². The van der Waals surface area contributed by atoms with Crippen LogP contribution in [0.4, 0.5) is 5.69 Å². The fourth-order valence-corrected chi connectivity index (χ4v) is 3.24. The molecular formula is C30H52N2. The number of benzene rings is 2. The van der Waals surface area contributed by atoms with Crippen LogP contribution in [0.25, 0.3) is 0 Å². The summed E-state index contributed by atoms with van der Waals surface area (Å²) in [7, 11) is 1.85. The Hall–Kier alpha value is -2.06. The number of rotatable bonds is 4. The average molecular weight is 441 g/mol. The van der Waals surface area contributed by atoms with Crippen molar-refractivity contribution in [2.24, 2.45) is 11.8 Å². The number of hydrogen-bond acceptors (Lipinski definition) is 2. The highest BCUT2D eigenvalue weighted by Gasteiger charge is 2.09. The van der Waals surface area contributed by atoms with E-state index in [0.717, 1.165) is 24.4 Å². The lowest BCUT2D eigenvalue weighted by Gasteiger charge is -2.18. The van der Waals surface area contributed by atoms with Gasteiger partial charge >= 0.3 is 0 Å². The summed E-state index contributed by atoms with van der Waals surface area (Å²) in [6.45, 7) is 16.1. The van der Waals surface area contributed by atoms with Crippen molar-refractivity contribution in [2.45, 2.75) is 92.9 Å². The van der Waals surface area contributed by atoms with Crippen LogP contribution in [0, 0.1) is 12.8 Å². The first-order chi connectivity index (χ1) is 15.5. The van der Waals surface area contributed by atoms with Crippen molar-refractivity contribution in [1.29, 1.82) is 0 Å². The lowest BCUT2D eigenvalue weighted by Crippen LogP contribution is -2.25. The number of hydrazine groups is 1. The molecule has 0 bridgehead atoms. The highest BCUT2D eigenvalue weighted by molar-refractivity contribution is 5.49. The maximum absolute atomic E-state index is 5.62. The van der Waals surface area contributed by atoms with E-state index in [4.69, 9.17) is 5.84 Å². The van der Waals surface area contributed by atoms with Gasteiger partial charge in [0.05, 0.1) is 5.69 Å². The molecule has 0 atom stereocenters. The molecule has 0 spiro atoms. The van der Waals surface area contributed by atoms with Gasteiger partial charge in [-0.3, -0.25) is 0 Å². The van der Waals surface area contributed by atoms with Crippen LogP contribution in [0.5, 0.6) is 0 Å². The third-order valence-electron chi connectivity index (χ3n) is 5.38. The molecule has 2 aromatic rings. The topological polar surface area (TPSA) is 29.3 Å². The van der Waals surface area contributed by atoms with E-state index in [1.165, 1.54) is 49.7 Å². The standard InChI is InChI=1S/C10H16N2.C8H16.C6H6.C4H8.C2H6/c1-4-9-7-10(12(3)11)6-5-8(9)2;1-2-8-6-4-3-5-7-8;1-2-4-6-5-3-1;1-3-4-2;1-2/h5-7H,4,11H2,1-3H3;8H,2-7H2,1H3;1-6H;3H,1,4H2,2H3;1-2H3. The molecule has 0 saturated heterocycles. The van der Waals surface area contributed by atoms with Gasteiger partial charge < -0.3 is 5.01 Å². The average Bonchev–Trinajstić information content (AvgIpc) is 2.88. The van der Waals surface area contributed by atoms with E-state index in [9.17, 15) is 0 Å². The molecule has 0 radical (unpaired) electrons. The Morgan fingerprint density at radius 3 is 1.72 bits per heavy atom. The fourth-order valence-electron chi connectivity index (χ4n) is 3.24. The van der Waals surface area contributed by atoms with Gasteiger partial charge in [-0.25, -0.2) is 5.84 Å². The molecule has 1 saturated carbocycles. The zero-order chi connectivity index (χ0) is 24.6. The molecule has 32 heavy (non-hydrogen) atoms. The number of nitrogens with two attached hydrogens (primary N) is 1. The Morgan fingerprint density at radius 2 is 1.41 bits per heavy atom. The molecule has 0 aromatic heterocycles. The summed E-state index contributed by atoms with van der Waals surface area (Å²) in [5.74, 6) is 6.71. The summed E-state index contributed by atoms with van der Waals surface area (Å²) in [4.78, 5) is 0. The fraction of sp³-hybridized carbons (Fsp3) is 0.533. The third kappa shape index (κ3) is 17.6. The van der Waals surface area contributed by atoms with Crippen molar-refractivity contribution in [3.05, 3.63) is 78.4 Å². The minimum atomic E-state index is 1.06. The Kier molecular flexibility index (Phi) is 23.7. The number of allylic oxidation sites excluding steroid dienone is 1. The summed E-state index contributed by atoms with van der Waals surface area (Å²) in [5, 5.41) is 1.64. The van der Waals surface area contributed by atoms with E-state index in [-0.39, 0.29) is 0 Å². The van der Waals surface area contributed by atoms with E-state index in [1.54, 1.807) is 5.01 Å². The van der Waals surface area contributed by atoms with Crippen LogP contribution in [0.2, 0.25) is 0 Å². The third-order valence-corrected chi connectivity index (χ3v) is 5.38. The highest BCUT2D eigenvalue weighted by Crippen LogP contribution is 2.25. The van der Waals surface area contributed by atoms with Gasteiger partial charge in [-0.2, -0.15) is 0 Å². The first-order valence-electron chi connectivity index (χ1n) is 12.7. The Balaban J connectivity index is 0. The smallest absolute Gasteiger partial charge is 0.0516 e. The highest BCUT2D eigenvalue weighted by atomic mass is 15.4. The number of anilines is 1. The van der Waals surface area contributed by atoms with Gasteiger partial charge in [0.1, 0.15) is 0 Å². The second-order valence-corrected chi connectivity index (χ2v) is 7.84. The van der Waals surface area contributed by atoms with Crippen molar-refractivity contribution >= 4 is 5.69 Å². The van der Waals surface area contributed by atoms with Gasteiger partial charge in [0.2, 0.25) is 0 Å². The summed E-state index contributed by atoms with van der Waals surface area (Å²) in [6.07, 6.45) is 13.0. The molecular weight excluding hydrogens is 388 g/mol. The van der Waals surface area contributed by atoms with Gasteiger partial charge in [0, 0.05) is 7.05 Å². The van der Waals surface area contributed by atoms with Gasteiger partial charge in [-0.15, -0.1) is 6.58 Å². The predicted molar refractivity (Wildman–Crippen MR) is 148 cm³/mol. The molecule has 2 heteroatoms. The van der Waals surface area contributed by atoms with E-state index in [0.29, 0.717) is 0 Å². The molecule has 182 valence electrons. The van der Waals surface area contributed by atoms with Gasteiger partial charge in [-0.1, -0.05) is 122 Å². The summed E-state index contributed by atoms with van der Waals surface area (Å²) < 4.78 is 0. The monoisotopic (exact) mass is 440 g/mol. The molecule has 0 heterocycles. The maximum Gasteiger partial charge on any atom is 0.0516 e. The zero-order valence-electron chi connectivity index (χ0n) is 22.2. The minimum Gasteiger partial charge on any atom is -0.314 e. The van der Waals surface area contributed by atoms with Crippen LogP contribution in [0.3, 0.4) is 0 Å². The molecule has 0 amide bonds. The predicted octanol–water partition coefficient (Wildman–Crippen LogP) is 9.14. The number of hydrogen-bond donors (Lipinski definition) is 1. The Bertz CT molecular complexity index is 602. The van der Waals surface area contributed by atoms with Crippen molar-refractivity contribution in [3.8, 4) is 0 Å². The molecule has 1 fully saturated rings. The quantitative estimate of drug-likeness (QED) is 0.292. The second-order valence-electron chi connectivity index (χ2n) is 7.84. The largest absolute Gasteiger partial charge is 0.314 e. The van der Waals surface area contributed by atoms with E-state index < -0.39 is 0 Å². The van der Waals surface area contributed by atoms with Crippen molar-refractivity contribution in [1.82, 2.24) is 0 Å². The molecule has 2 aromatic carbocycles. The molecule has 0 unspecified atom stereocenters. The normalized spacial score (nSPS) is 12.1. The molecule has 1 aliphatic carbocycles. The Morgan fingerprint density at radius 1 is 0.938 bits per heavy atom. The summed E-state index contributed by atoms with van der Waals surface area (Å²) in [5.41, 5.74) is 3.77. The molecule has 2 N–H and O–H groups in total. The van der Waals surface area contributed by atoms with Crippen LogP contribution in [-0.2, 0) is 6.42 Å². The molecule has 0 aliphatic heterocycles. The van der Waals surface area contributed by atoms with Crippen LogP contribution < -0.4 is 10.9 Å². The van der Waals surface area contributed by atoms with Crippen LogP contribution in [0.15, 0.2) is 67.3 Å². The van der Waals surface area contributed by atoms with Gasteiger partial charge in [0.25, 0.3) is 0 Å². The first kappa shape index (κ1) is 32.1. The van der Waals surface area contributed by atoms with Gasteiger partial charge in [-0.05, 0) is 48.9 Å². The first-order valence-corrected chi connectivity index (χ1v) is 12.7. The van der Waals surface area contributed by atoms with Crippen molar-refractivity contribution < 1.29 is 0 Å². The van der Waals surface area contributed by atoms with E-state index in [2.05, 4.69) is 46.4 Å². The van der Waals surface area contributed by atoms with E-state index in [1.807, 2.05) is 69.4 Å². The summed E-state index contributed by atoms with van der Waals surface area (Å²) >= 11 is 0. The SMILES string of the molecule is C=CCC.CC.CCC1CCCCC1.CCc1cc(N(C)N)ccc1C.c1ccccc1. The lowest BCUT2D eigenvalue weighted by molar-refractivity contribution is 0.349. The lowest BCUT2D eigenvalue weighted by atomic mass is 9.88. The zero-order valence-corrected chi connectivity index (χ0v) is 22.2.